The van der Waals surface area contributed by atoms with Crippen molar-refractivity contribution in [1.82, 2.24) is 4.98 Å². The zero-order chi connectivity index (χ0) is 17.1. The van der Waals surface area contributed by atoms with Crippen molar-refractivity contribution < 1.29 is 4.42 Å². The van der Waals surface area contributed by atoms with Crippen LogP contribution >= 0.6 is 0 Å². The van der Waals surface area contributed by atoms with Crippen LogP contribution in [0.15, 0.2) is 77.6 Å². The average Bonchev–Trinajstić information content (AvgIpc) is 3.16. The van der Waals surface area contributed by atoms with E-state index in [1.54, 1.807) is 12.5 Å². The third-order valence-corrected chi connectivity index (χ3v) is 4.05. The first-order chi connectivity index (χ1) is 12.3. The first kappa shape index (κ1) is 15.0. The number of nitrogens with zero attached hydrogens (tertiary/aromatic N) is 2. The molecular formula is C21H15N3O. The summed E-state index contributed by atoms with van der Waals surface area (Å²) in [6, 6.07) is 21.9. The van der Waals surface area contributed by atoms with Gasteiger partial charge in [-0.15, -0.1) is 0 Å². The average molecular weight is 325 g/mol. The van der Waals surface area contributed by atoms with Crippen LogP contribution in [0.4, 0.5) is 11.5 Å². The fourth-order valence-electron chi connectivity index (χ4n) is 2.77. The van der Waals surface area contributed by atoms with Gasteiger partial charge < -0.3 is 9.73 Å². The Morgan fingerprint density at radius 3 is 2.60 bits per heavy atom. The number of rotatable bonds is 4. The number of benzene rings is 2. The molecular weight excluding hydrogens is 310 g/mol. The van der Waals surface area contributed by atoms with E-state index in [0.29, 0.717) is 11.4 Å². The summed E-state index contributed by atoms with van der Waals surface area (Å²) < 4.78 is 5.10. The largest absolute Gasteiger partial charge is 0.472 e. The number of anilines is 2. The molecule has 0 unspecified atom stereocenters. The molecule has 1 N–H and O–H groups in total. The Bertz CT molecular complexity index is 1040. The molecule has 0 aliphatic rings. The van der Waals surface area contributed by atoms with E-state index in [0.717, 1.165) is 28.6 Å². The van der Waals surface area contributed by atoms with Crippen molar-refractivity contribution in [2.45, 2.75) is 6.42 Å². The number of para-hydroxylation sites is 1. The molecule has 0 amide bonds. The zero-order valence-corrected chi connectivity index (χ0v) is 13.4. The van der Waals surface area contributed by atoms with Crippen LogP contribution in [0.25, 0.3) is 10.9 Å². The fraction of sp³-hybridized carbons (Fsp3) is 0.0476. The van der Waals surface area contributed by atoms with Gasteiger partial charge in [0.25, 0.3) is 0 Å². The van der Waals surface area contributed by atoms with Crippen LogP contribution in [0.5, 0.6) is 0 Å². The minimum absolute atomic E-state index is 0.529. The van der Waals surface area contributed by atoms with Gasteiger partial charge in [0, 0.05) is 17.5 Å². The molecule has 0 saturated heterocycles. The number of nitriles is 1. The standard InChI is InChI=1S/C21H15N3O/c22-13-18-12-17-3-1-2-4-20(17)24-21(18)23-19-7-5-15(6-8-19)11-16-9-10-25-14-16/h1-10,12,14H,11H2,(H,23,24). The van der Waals surface area contributed by atoms with Crippen molar-refractivity contribution in [3.05, 3.63) is 89.9 Å². The maximum Gasteiger partial charge on any atom is 0.149 e. The van der Waals surface area contributed by atoms with Crippen molar-refractivity contribution in [3.63, 3.8) is 0 Å². The molecule has 2 aromatic heterocycles. The molecule has 120 valence electrons. The Morgan fingerprint density at radius 1 is 1.00 bits per heavy atom. The van der Waals surface area contributed by atoms with Gasteiger partial charge in [0.05, 0.1) is 23.6 Å². The lowest BCUT2D eigenvalue weighted by atomic mass is 10.1. The van der Waals surface area contributed by atoms with Crippen molar-refractivity contribution in [3.8, 4) is 6.07 Å². The minimum atomic E-state index is 0.529. The summed E-state index contributed by atoms with van der Waals surface area (Å²) in [4.78, 5) is 4.58. The fourth-order valence-corrected chi connectivity index (χ4v) is 2.77. The third-order valence-electron chi connectivity index (χ3n) is 4.05. The molecule has 4 rings (SSSR count). The molecule has 0 aliphatic carbocycles. The van der Waals surface area contributed by atoms with E-state index in [1.807, 2.05) is 48.5 Å². The van der Waals surface area contributed by atoms with Crippen LogP contribution in [0.3, 0.4) is 0 Å². The van der Waals surface area contributed by atoms with Gasteiger partial charge in [0.2, 0.25) is 0 Å². The monoisotopic (exact) mass is 325 g/mol. The normalized spacial score (nSPS) is 10.5. The molecule has 0 saturated carbocycles. The summed E-state index contributed by atoms with van der Waals surface area (Å²) in [6.07, 6.45) is 4.26. The van der Waals surface area contributed by atoms with Crippen molar-refractivity contribution in [1.29, 1.82) is 5.26 Å². The SMILES string of the molecule is N#Cc1cc2ccccc2nc1Nc1ccc(Cc2ccoc2)cc1. The predicted octanol–water partition coefficient (Wildman–Crippen LogP) is 5.03. The molecule has 4 aromatic rings. The highest BCUT2D eigenvalue weighted by atomic mass is 16.3. The molecule has 0 radical (unpaired) electrons. The number of aromatic nitrogens is 1. The smallest absolute Gasteiger partial charge is 0.149 e. The van der Waals surface area contributed by atoms with Gasteiger partial charge >= 0.3 is 0 Å². The van der Waals surface area contributed by atoms with Gasteiger partial charge in [-0.3, -0.25) is 0 Å². The molecule has 4 nitrogen and oxygen atoms in total. The van der Waals surface area contributed by atoms with E-state index in [-0.39, 0.29) is 0 Å². The lowest BCUT2D eigenvalue weighted by molar-refractivity contribution is 0.564. The van der Waals surface area contributed by atoms with Crippen LogP contribution in [0.2, 0.25) is 0 Å². The first-order valence-corrected chi connectivity index (χ1v) is 7.99. The third kappa shape index (κ3) is 3.22. The minimum Gasteiger partial charge on any atom is -0.472 e. The molecule has 0 atom stereocenters. The van der Waals surface area contributed by atoms with Gasteiger partial charge in [0.15, 0.2) is 0 Å². The Balaban J connectivity index is 1.59. The molecule has 0 spiro atoms. The number of fused-ring (bicyclic) bond motifs is 1. The summed E-state index contributed by atoms with van der Waals surface area (Å²) in [6.45, 7) is 0. The topological polar surface area (TPSA) is 61.9 Å². The molecule has 0 bridgehead atoms. The van der Waals surface area contributed by atoms with Gasteiger partial charge in [-0.05, 0) is 41.5 Å². The second kappa shape index (κ2) is 6.50. The first-order valence-electron chi connectivity index (χ1n) is 7.99. The highest BCUT2D eigenvalue weighted by Crippen LogP contribution is 2.23. The Kier molecular flexibility index (Phi) is 3.89. The zero-order valence-electron chi connectivity index (χ0n) is 13.4. The van der Waals surface area contributed by atoms with Crippen LogP contribution in [-0.4, -0.2) is 4.98 Å². The van der Waals surface area contributed by atoms with Gasteiger partial charge in [-0.25, -0.2) is 4.98 Å². The van der Waals surface area contributed by atoms with Gasteiger partial charge in [0.1, 0.15) is 11.9 Å². The molecule has 0 fully saturated rings. The van der Waals surface area contributed by atoms with Crippen LogP contribution in [-0.2, 0) is 6.42 Å². The maximum atomic E-state index is 9.40. The summed E-state index contributed by atoms with van der Waals surface area (Å²) in [5.41, 5.74) is 4.62. The summed E-state index contributed by atoms with van der Waals surface area (Å²) in [5.74, 6) is 0.573. The van der Waals surface area contributed by atoms with Gasteiger partial charge in [-0.1, -0.05) is 30.3 Å². The number of nitrogens with one attached hydrogen (secondary N) is 1. The highest BCUT2D eigenvalue weighted by molar-refractivity contribution is 5.83. The van der Waals surface area contributed by atoms with E-state index < -0.39 is 0 Å². The predicted molar refractivity (Wildman–Crippen MR) is 97.7 cm³/mol. The highest BCUT2D eigenvalue weighted by Gasteiger charge is 2.07. The summed E-state index contributed by atoms with van der Waals surface area (Å²) >= 11 is 0. The number of pyridine rings is 1. The summed E-state index contributed by atoms with van der Waals surface area (Å²) in [7, 11) is 0. The van der Waals surface area contributed by atoms with Crippen molar-refractivity contribution in [2.24, 2.45) is 0 Å². The quantitative estimate of drug-likeness (QED) is 0.571. The van der Waals surface area contributed by atoms with Crippen LogP contribution < -0.4 is 5.32 Å². The van der Waals surface area contributed by atoms with Crippen molar-refractivity contribution in [2.75, 3.05) is 5.32 Å². The molecule has 2 aromatic carbocycles. The Hall–Kier alpha value is -3.58. The lowest BCUT2D eigenvalue weighted by Gasteiger charge is -2.09. The second-order valence-electron chi connectivity index (χ2n) is 5.82. The maximum absolute atomic E-state index is 9.40. The Labute approximate surface area is 145 Å². The lowest BCUT2D eigenvalue weighted by Crippen LogP contribution is -1.98. The molecule has 4 heteroatoms. The van der Waals surface area contributed by atoms with Crippen LogP contribution in [0.1, 0.15) is 16.7 Å². The van der Waals surface area contributed by atoms with Crippen molar-refractivity contribution >= 4 is 22.4 Å². The number of furan rings is 1. The van der Waals surface area contributed by atoms with E-state index in [4.69, 9.17) is 4.42 Å². The molecule has 2 heterocycles. The second-order valence-corrected chi connectivity index (χ2v) is 5.82. The molecule has 25 heavy (non-hydrogen) atoms. The van der Waals surface area contributed by atoms with E-state index in [1.165, 1.54) is 5.56 Å². The van der Waals surface area contributed by atoms with E-state index in [2.05, 4.69) is 28.5 Å². The van der Waals surface area contributed by atoms with Crippen LogP contribution in [0, 0.1) is 11.3 Å². The number of hydrogen-bond acceptors (Lipinski definition) is 4. The van der Waals surface area contributed by atoms with E-state index in [9.17, 15) is 5.26 Å². The number of hydrogen-bond donors (Lipinski definition) is 1. The molecule has 0 aliphatic heterocycles. The summed E-state index contributed by atoms with van der Waals surface area (Å²) in [5, 5.41) is 13.6. The Morgan fingerprint density at radius 2 is 1.84 bits per heavy atom. The van der Waals surface area contributed by atoms with E-state index >= 15 is 0 Å². The van der Waals surface area contributed by atoms with Gasteiger partial charge in [-0.2, -0.15) is 5.26 Å².